The van der Waals surface area contributed by atoms with Gasteiger partial charge in [-0.05, 0) is 98.7 Å². The smallest absolute Gasteiger partial charge is 0.160 e. The highest BCUT2D eigenvalue weighted by atomic mass is 14.9. The van der Waals surface area contributed by atoms with Crippen molar-refractivity contribution in [1.82, 2.24) is 9.97 Å². The van der Waals surface area contributed by atoms with E-state index >= 15 is 0 Å². The maximum atomic E-state index is 5.33. The molecule has 0 amide bonds. The van der Waals surface area contributed by atoms with Gasteiger partial charge in [-0.25, -0.2) is 9.97 Å². The third-order valence-corrected chi connectivity index (χ3v) is 12.4. The number of allylic oxidation sites excluding steroid dienone is 7. The molecule has 0 aliphatic heterocycles. The molecule has 1 spiro atoms. The van der Waals surface area contributed by atoms with Crippen molar-refractivity contribution in [2.45, 2.75) is 31.6 Å². The second kappa shape index (κ2) is 12.2. The van der Waals surface area contributed by atoms with Gasteiger partial charge in [0.15, 0.2) is 5.82 Å². The largest absolute Gasteiger partial charge is 0.228 e. The van der Waals surface area contributed by atoms with E-state index in [4.69, 9.17) is 9.97 Å². The second-order valence-electron chi connectivity index (χ2n) is 15.2. The van der Waals surface area contributed by atoms with E-state index in [0.717, 1.165) is 40.3 Å². The van der Waals surface area contributed by atoms with Gasteiger partial charge in [0.1, 0.15) is 0 Å². The molecule has 55 heavy (non-hydrogen) atoms. The van der Waals surface area contributed by atoms with Crippen molar-refractivity contribution >= 4 is 11.1 Å². The molecule has 0 fully saturated rings. The van der Waals surface area contributed by atoms with Crippen molar-refractivity contribution in [1.29, 1.82) is 0 Å². The van der Waals surface area contributed by atoms with Crippen molar-refractivity contribution in [3.8, 4) is 45.0 Å². The van der Waals surface area contributed by atoms with E-state index in [0.29, 0.717) is 0 Å². The van der Waals surface area contributed by atoms with Crippen molar-refractivity contribution in [3.05, 3.63) is 226 Å². The lowest BCUT2D eigenvalue weighted by molar-refractivity contribution is 0.617. The maximum absolute atomic E-state index is 5.33. The molecule has 1 aromatic heterocycles. The molecule has 4 aliphatic rings. The Labute approximate surface area is 322 Å². The number of fused-ring (bicyclic) bond motifs is 9. The molecule has 1 unspecified atom stereocenters. The molecule has 0 saturated carbocycles. The van der Waals surface area contributed by atoms with Crippen LogP contribution in [0.2, 0.25) is 0 Å². The highest BCUT2D eigenvalue weighted by Gasteiger charge is 2.50. The summed E-state index contributed by atoms with van der Waals surface area (Å²) < 4.78 is 0. The molecule has 7 aromatic rings. The first-order chi connectivity index (χ1) is 27.2. The summed E-state index contributed by atoms with van der Waals surface area (Å²) in [5.41, 5.74) is 22.4. The zero-order valence-corrected chi connectivity index (χ0v) is 30.9. The Kier molecular flexibility index (Phi) is 7.06. The van der Waals surface area contributed by atoms with Gasteiger partial charge in [0.25, 0.3) is 0 Å². The average molecular weight is 703 g/mol. The molecule has 6 aromatic carbocycles. The standard InChI is InChI=1S/C53H38N2/c1-3-16-44-33(2)49-42(48-31-47(34-17-6-4-7-18-34)54-52(55-48)35-19-8-5-9-20-35)25-15-28-46(49)53(44)32-36-29-30-40-38-22-11-10-21-37(38)39-24-14-26-43(51(39)40)50(36)41-23-12-13-27-45(41)53/h3-31,40H,32H2,1-2H3/b16-3-/t40-,53?/m0/s1. The van der Waals surface area contributed by atoms with Crippen LogP contribution in [0.25, 0.3) is 56.2 Å². The molecular formula is C53H38N2. The van der Waals surface area contributed by atoms with Crippen LogP contribution in [0, 0.1) is 0 Å². The number of hydrogen-bond donors (Lipinski definition) is 0. The van der Waals surface area contributed by atoms with Gasteiger partial charge >= 0.3 is 0 Å². The highest BCUT2D eigenvalue weighted by Crippen LogP contribution is 2.62. The van der Waals surface area contributed by atoms with Crippen molar-refractivity contribution in [2.75, 3.05) is 0 Å². The first-order valence-electron chi connectivity index (χ1n) is 19.4. The second-order valence-corrected chi connectivity index (χ2v) is 15.2. The Morgan fingerprint density at radius 1 is 0.600 bits per heavy atom. The van der Waals surface area contributed by atoms with Crippen molar-refractivity contribution in [3.63, 3.8) is 0 Å². The van der Waals surface area contributed by atoms with Gasteiger partial charge < -0.3 is 0 Å². The van der Waals surface area contributed by atoms with E-state index in [2.05, 4.69) is 184 Å². The average Bonchev–Trinajstić information content (AvgIpc) is 3.61. The van der Waals surface area contributed by atoms with Gasteiger partial charge in [-0.3, -0.25) is 0 Å². The van der Waals surface area contributed by atoms with Crippen LogP contribution in [0.15, 0.2) is 187 Å². The Morgan fingerprint density at radius 2 is 1.24 bits per heavy atom. The molecule has 2 heteroatoms. The summed E-state index contributed by atoms with van der Waals surface area (Å²) in [6.07, 6.45) is 10.4. The Hall–Kier alpha value is -6.64. The molecule has 1 heterocycles. The third-order valence-electron chi connectivity index (χ3n) is 12.4. The molecule has 11 rings (SSSR count). The zero-order chi connectivity index (χ0) is 36.7. The first kappa shape index (κ1) is 31.8. The van der Waals surface area contributed by atoms with Crippen LogP contribution in [0.4, 0.5) is 0 Å². The van der Waals surface area contributed by atoms with Gasteiger partial charge in [-0.15, -0.1) is 0 Å². The number of aromatic nitrogens is 2. The van der Waals surface area contributed by atoms with E-state index in [1.54, 1.807) is 0 Å². The first-order valence-corrected chi connectivity index (χ1v) is 19.4. The van der Waals surface area contributed by atoms with Crippen LogP contribution in [0.3, 0.4) is 0 Å². The summed E-state index contributed by atoms with van der Waals surface area (Å²) in [5, 5.41) is 0. The lowest BCUT2D eigenvalue weighted by Crippen LogP contribution is -2.32. The van der Waals surface area contributed by atoms with Crippen LogP contribution in [0.1, 0.15) is 65.1 Å². The fraction of sp³-hybridized carbons (Fsp3) is 0.0943. The monoisotopic (exact) mass is 702 g/mol. The van der Waals surface area contributed by atoms with Crippen LogP contribution in [0.5, 0.6) is 0 Å². The molecular weight excluding hydrogens is 665 g/mol. The lowest BCUT2D eigenvalue weighted by atomic mass is 9.61. The Bertz CT molecular complexity index is 2800. The minimum Gasteiger partial charge on any atom is -0.228 e. The number of rotatable bonds is 4. The van der Waals surface area contributed by atoms with Gasteiger partial charge in [0.05, 0.1) is 16.8 Å². The molecule has 0 saturated heterocycles. The number of benzene rings is 6. The minimum absolute atomic E-state index is 0.237. The van der Waals surface area contributed by atoms with Crippen molar-refractivity contribution in [2.24, 2.45) is 0 Å². The van der Waals surface area contributed by atoms with Crippen LogP contribution in [-0.2, 0) is 5.41 Å². The number of hydrogen-bond acceptors (Lipinski definition) is 2. The van der Waals surface area contributed by atoms with Gasteiger partial charge in [0.2, 0.25) is 0 Å². The minimum atomic E-state index is -0.376. The van der Waals surface area contributed by atoms with E-state index in [1.807, 2.05) is 6.07 Å². The Morgan fingerprint density at radius 3 is 2.05 bits per heavy atom. The molecule has 2 atom stereocenters. The SMILES string of the molecule is C/C=C\C1=C(C)c2c(-c3cc(-c4ccccc4)nc(-c4ccccc4)n3)cccc2C12CC1=C(c3ccccc32)c2cccc3c2[C@@H](C=C1)c1ccccc1-3. The summed E-state index contributed by atoms with van der Waals surface area (Å²) in [7, 11) is 0. The molecule has 260 valence electrons. The lowest BCUT2D eigenvalue weighted by Gasteiger charge is -2.41. The summed E-state index contributed by atoms with van der Waals surface area (Å²) in [6.45, 7) is 4.48. The summed E-state index contributed by atoms with van der Waals surface area (Å²) >= 11 is 0. The van der Waals surface area contributed by atoms with Crippen LogP contribution in [-0.4, -0.2) is 9.97 Å². The van der Waals surface area contributed by atoms with E-state index < -0.39 is 0 Å². The topological polar surface area (TPSA) is 25.8 Å². The Balaban J connectivity index is 1.16. The maximum Gasteiger partial charge on any atom is 0.160 e. The predicted molar refractivity (Wildman–Crippen MR) is 226 cm³/mol. The fourth-order valence-electron chi connectivity index (χ4n) is 10.2. The van der Waals surface area contributed by atoms with E-state index in [-0.39, 0.29) is 11.3 Å². The predicted octanol–water partition coefficient (Wildman–Crippen LogP) is 13.0. The van der Waals surface area contributed by atoms with Gasteiger partial charge in [-0.2, -0.15) is 0 Å². The number of nitrogens with zero attached hydrogens (tertiary/aromatic N) is 2. The molecule has 0 N–H and O–H groups in total. The zero-order valence-electron chi connectivity index (χ0n) is 30.9. The molecule has 4 aliphatic carbocycles. The van der Waals surface area contributed by atoms with Gasteiger partial charge in [0, 0.05) is 22.6 Å². The third kappa shape index (κ3) is 4.55. The summed E-state index contributed by atoms with van der Waals surface area (Å²) in [4.78, 5) is 10.5. The normalized spacial score (nSPS) is 18.6. The van der Waals surface area contributed by atoms with Crippen LogP contribution < -0.4 is 0 Å². The molecule has 0 radical (unpaired) electrons. The molecule has 0 bridgehead atoms. The van der Waals surface area contributed by atoms with Crippen molar-refractivity contribution < 1.29 is 0 Å². The van der Waals surface area contributed by atoms with Crippen LogP contribution >= 0.6 is 0 Å². The van der Waals surface area contributed by atoms with E-state index in [1.165, 1.54) is 72.4 Å². The highest BCUT2D eigenvalue weighted by molar-refractivity contribution is 5.99. The fourth-order valence-corrected chi connectivity index (χ4v) is 10.2. The quantitative estimate of drug-likeness (QED) is 0.182. The summed E-state index contributed by atoms with van der Waals surface area (Å²) in [5.74, 6) is 0.968. The van der Waals surface area contributed by atoms with E-state index in [9.17, 15) is 0 Å². The molecule has 2 nitrogen and oxygen atoms in total. The van der Waals surface area contributed by atoms with Gasteiger partial charge in [-0.1, -0.05) is 170 Å². The summed E-state index contributed by atoms with van der Waals surface area (Å²) in [6, 6.07) is 55.0.